The van der Waals surface area contributed by atoms with E-state index in [1.54, 1.807) is 0 Å². The van der Waals surface area contributed by atoms with Gasteiger partial charge in [0.15, 0.2) is 0 Å². The largest absolute Gasteiger partial charge is 0.490 e. The predicted octanol–water partition coefficient (Wildman–Crippen LogP) is 7.22. The molecule has 0 spiro atoms. The van der Waals surface area contributed by atoms with E-state index in [-0.39, 0.29) is 6.09 Å². The van der Waals surface area contributed by atoms with Crippen molar-refractivity contribution in [2.45, 2.75) is 122 Å². The molecule has 0 saturated carbocycles. The first-order valence-corrected chi connectivity index (χ1v) is 13.4. The number of nitrogens with zero attached hydrogens (tertiary/aromatic N) is 1. The molecule has 35 heavy (non-hydrogen) atoms. The van der Waals surface area contributed by atoms with Crippen LogP contribution in [0.25, 0.3) is 0 Å². The molecule has 1 heterocycles. The summed E-state index contributed by atoms with van der Waals surface area (Å²) in [6, 6.07) is 8.47. The van der Waals surface area contributed by atoms with Crippen LogP contribution in [0.2, 0.25) is 0 Å². The highest BCUT2D eigenvalue weighted by Gasteiger charge is 2.64. The summed E-state index contributed by atoms with van der Waals surface area (Å²) in [5.74, 6) is 0. The first-order valence-electron chi connectivity index (χ1n) is 13.4. The van der Waals surface area contributed by atoms with Crippen LogP contribution in [0.4, 0.5) is 4.79 Å². The van der Waals surface area contributed by atoms with E-state index >= 15 is 0 Å². The van der Waals surface area contributed by atoms with E-state index < -0.39 is 29.4 Å². The second kappa shape index (κ2) is 10.7. The van der Waals surface area contributed by atoms with Gasteiger partial charge in [0.25, 0.3) is 0 Å². The van der Waals surface area contributed by atoms with Crippen LogP contribution in [-0.2, 0) is 25.9 Å². The fourth-order valence-electron chi connectivity index (χ4n) is 5.22. The van der Waals surface area contributed by atoms with Crippen molar-refractivity contribution in [3.8, 4) is 0 Å². The number of carbonyl (C=O) groups is 1. The SMILES string of the molecule is C=CCCCCCCN(C(=O)OC(C)(C)C)[C@@]1(B2OC(C)(C)C(C)(C)O2)CCCc2ccccc21. The Labute approximate surface area is 213 Å². The van der Waals surface area contributed by atoms with Crippen molar-refractivity contribution >= 4 is 13.2 Å². The highest BCUT2D eigenvalue weighted by atomic mass is 16.7. The van der Waals surface area contributed by atoms with Crippen LogP contribution >= 0.6 is 0 Å². The van der Waals surface area contributed by atoms with Gasteiger partial charge in [0, 0.05) is 6.54 Å². The number of hydrogen-bond acceptors (Lipinski definition) is 4. The third-order valence-electron chi connectivity index (χ3n) is 7.77. The molecule has 1 atom stereocenters. The van der Waals surface area contributed by atoms with Gasteiger partial charge < -0.3 is 14.0 Å². The topological polar surface area (TPSA) is 48.0 Å². The molecule has 5 nitrogen and oxygen atoms in total. The Morgan fingerprint density at radius 2 is 1.71 bits per heavy atom. The number of aryl methyl sites for hydroxylation is 1. The number of allylic oxidation sites excluding steroid dienone is 1. The lowest BCUT2D eigenvalue weighted by atomic mass is 9.54. The van der Waals surface area contributed by atoms with Crippen LogP contribution in [-0.4, -0.2) is 41.5 Å². The van der Waals surface area contributed by atoms with Crippen molar-refractivity contribution in [3.05, 3.63) is 48.0 Å². The monoisotopic (exact) mass is 483 g/mol. The Balaban J connectivity index is 2.05. The second-order valence-corrected chi connectivity index (χ2v) is 12.1. The molecule has 0 radical (unpaired) electrons. The molecule has 2 aliphatic rings. The van der Waals surface area contributed by atoms with Crippen molar-refractivity contribution in [2.75, 3.05) is 6.54 Å². The molecule has 1 aliphatic heterocycles. The van der Waals surface area contributed by atoms with Crippen LogP contribution in [0.15, 0.2) is 36.9 Å². The molecule has 6 heteroatoms. The summed E-state index contributed by atoms with van der Waals surface area (Å²) in [5.41, 5.74) is 0.0478. The van der Waals surface area contributed by atoms with Crippen LogP contribution in [0.3, 0.4) is 0 Å². The van der Waals surface area contributed by atoms with Gasteiger partial charge in [0.1, 0.15) is 11.0 Å². The Morgan fingerprint density at radius 1 is 1.09 bits per heavy atom. The summed E-state index contributed by atoms with van der Waals surface area (Å²) in [7, 11) is -0.581. The van der Waals surface area contributed by atoms with Gasteiger partial charge in [-0.1, -0.05) is 43.2 Å². The summed E-state index contributed by atoms with van der Waals surface area (Å²) >= 11 is 0. The normalized spacial score (nSPS) is 23.0. The molecule has 1 aliphatic carbocycles. The van der Waals surface area contributed by atoms with Gasteiger partial charge in [-0.2, -0.15) is 0 Å². The van der Waals surface area contributed by atoms with Gasteiger partial charge in [-0.25, -0.2) is 4.79 Å². The zero-order valence-corrected chi connectivity index (χ0v) is 23.1. The molecule has 1 saturated heterocycles. The number of amides is 1. The first kappa shape index (κ1) is 27.8. The van der Waals surface area contributed by atoms with Gasteiger partial charge in [-0.05, 0) is 98.1 Å². The minimum Gasteiger partial charge on any atom is -0.444 e. The van der Waals surface area contributed by atoms with E-state index in [2.05, 4.69) is 58.5 Å². The van der Waals surface area contributed by atoms with Crippen molar-refractivity contribution in [1.82, 2.24) is 4.90 Å². The predicted molar refractivity (Wildman–Crippen MR) is 143 cm³/mol. The Morgan fingerprint density at radius 3 is 2.34 bits per heavy atom. The summed E-state index contributed by atoms with van der Waals surface area (Å²) in [4.78, 5) is 15.8. The molecule has 1 amide bonds. The van der Waals surface area contributed by atoms with Crippen molar-refractivity contribution in [1.29, 1.82) is 0 Å². The van der Waals surface area contributed by atoms with Crippen LogP contribution in [0.1, 0.15) is 105 Å². The number of carbonyl (C=O) groups excluding carboxylic acids is 1. The van der Waals surface area contributed by atoms with E-state index in [0.717, 1.165) is 56.9 Å². The van der Waals surface area contributed by atoms with Crippen LogP contribution < -0.4 is 0 Å². The number of benzene rings is 1. The molecule has 0 aromatic heterocycles. The smallest absolute Gasteiger partial charge is 0.444 e. The van der Waals surface area contributed by atoms with Crippen LogP contribution in [0, 0.1) is 0 Å². The summed E-state index contributed by atoms with van der Waals surface area (Å²) in [6.45, 7) is 18.5. The number of fused-ring (bicyclic) bond motifs is 1. The van der Waals surface area contributed by atoms with Crippen molar-refractivity contribution < 1.29 is 18.8 Å². The van der Waals surface area contributed by atoms with E-state index in [4.69, 9.17) is 14.0 Å². The Kier molecular flexibility index (Phi) is 8.48. The summed E-state index contributed by atoms with van der Waals surface area (Å²) in [6.07, 6.45) is 9.62. The Hall–Kier alpha value is -1.79. The molecule has 1 aromatic carbocycles. The highest BCUT2D eigenvalue weighted by molar-refractivity contribution is 6.50. The molecule has 194 valence electrons. The second-order valence-electron chi connectivity index (χ2n) is 12.1. The zero-order valence-electron chi connectivity index (χ0n) is 23.1. The summed E-state index contributed by atoms with van der Waals surface area (Å²) < 4.78 is 19.4. The van der Waals surface area contributed by atoms with E-state index in [0.29, 0.717) is 6.54 Å². The first-order chi connectivity index (χ1) is 16.3. The third-order valence-corrected chi connectivity index (χ3v) is 7.77. The fourth-order valence-corrected chi connectivity index (χ4v) is 5.22. The van der Waals surface area contributed by atoms with E-state index in [1.807, 2.05) is 31.7 Å². The van der Waals surface area contributed by atoms with Gasteiger partial charge in [0.05, 0.1) is 11.2 Å². The zero-order chi connectivity index (χ0) is 25.9. The van der Waals surface area contributed by atoms with Gasteiger partial charge >= 0.3 is 13.2 Å². The maximum Gasteiger partial charge on any atom is 0.490 e. The lowest BCUT2D eigenvalue weighted by molar-refractivity contribution is -0.00133. The quantitative estimate of drug-likeness (QED) is 0.211. The molecule has 1 aromatic rings. The number of ether oxygens (including phenoxy) is 1. The van der Waals surface area contributed by atoms with Gasteiger partial charge in [-0.3, -0.25) is 4.90 Å². The molecular weight excluding hydrogens is 437 g/mol. The van der Waals surface area contributed by atoms with Gasteiger partial charge in [-0.15, -0.1) is 6.58 Å². The van der Waals surface area contributed by atoms with E-state index in [9.17, 15) is 4.79 Å². The molecule has 0 N–H and O–H groups in total. The van der Waals surface area contributed by atoms with Crippen molar-refractivity contribution in [2.24, 2.45) is 0 Å². The minimum absolute atomic E-state index is 0.296. The summed E-state index contributed by atoms with van der Waals surface area (Å²) in [5, 5.41) is 0. The average Bonchev–Trinajstić information content (AvgIpc) is 2.99. The highest BCUT2D eigenvalue weighted by Crippen LogP contribution is 2.50. The lowest BCUT2D eigenvalue weighted by Crippen LogP contribution is -2.62. The molecule has 0 unspecified atom stereocenters. The molecular formula is C29H46BNO4. The number of rotatable bonds is 9. The minimum atomic E-state index is -0.747. The van der Waals surface area contributed by atoms with Crippen molar-refractivity contribution in [3.63, 3.8) is 0 Å². The Bertz CT molecular complexity index is 875. The fraction of sp³-hybridized carbons (Fsp3) is 0.690. The maximum atomic E-state index is 13.9. The average molecular weight is 484 g/mol. The molecule has 0 bridgehead atoms. The molecule has 1 fully saturated rings. The molecule has 3 rings (SSSR count). The standard InChI is InChI=1S/C29H46BNO4/c1-9-10-11-12-13-16-22-31(25(32)33-26(2,3)4)29(30-34-27(5,6)28(7,8)35-30)21-17-19-23-18-14-15-20-24(23)29/h9,14-15,18,20H,1,10-13,16-17,19,21-22H2,2-8H3/t29-/m0/s1. The van der Waals surface area contributed by atoms with Crippen LogP contribution in [0.5, 0.6) is 0 Å². The number of hydrogen-bond donors (Lipinski definition) is 0. The van der Waals surface area contributed by atoms with Gasteiger partial charge in [0.2, 0.25) is 0 Å². The van der Waals surface area contributed by atoms with E-state index in [1.165, 1.54) is 5.56 Å². The maximum absolute atomic E-state index is 13.9. The third kappa shape index (κ3) is 5.97. The lowest BCUT2D eigenvalue weighted by Gasteiger charge is -2.48. The number of unbranched alkanes of at least 4 members (excludes halogenated alkanes) is 4.